The zero-order valence-electron chi connectivity index (χ0n) is 17.8. The third-order valence-electron chi connectivity index (χ3n) is 5.24. The topological polar surface area (TPSA) is 3.24 Å². The molecule has 0 unspecified atom stereocenters. The third-order valence-corrected chi connectivity index (χ3v) is 5.24. The van der Waals surface area contributed by atoms with E-state index in [9.17, 15) is 8.78 Å². The second-order valence-electron chi connectivity index (χ2n) is 7.51. The maximum atomic E-state index is 13.0. The van der Waals surface area contributed by atoms with Crippen molar-refractivity contribution in [2.24, 2.45) is 0 Å². The van der Waals surface area contributed by atoms with Gasteiger partial charge in [-0.15, -0.1) is 0 Å². The van der Waals surface area contributed by atoms with Crippen LogP contribution in [0, 0.1) is 11.6 Å². The molecule has 0 aromatic heterocycles. The third kappa shape index (κ3) is 5.58. The number of benzene rings is 4. The molecule has 4 aromatic carbocycles. The first-order valence-electron chi connectivity index (χ1n) is 10.4. The summed E-state index contributed by atoms with van der Waals surface area (Å²) in [6.07, 6.45) is 7.96. The van der Waals surface area contributed by atoms with Gasteiger partial charge in [0.1, 0.15) is 11.6 Å². The number of hydrogen-bond acceptors (Lipinski definition) is 1. The molecule has 0 aliphatic carbocycles. The Morgan fingerprint density at radius 2 is 0.688 bits per heavy atom. The Kier molecular flexibility index (Phi) is 6.57. The van der Waals surface area contributed by atoms with Crippen LogP contribution in [-0.4, -0.2) is 7.05 Å². The normalized spacial score (nSPS) is 11.3. The molecule has 0 spiro atoms. The number of rotatable bonds is 6. The minimum atomic E-state index is -0.230. The molecule has 0 saturated heterocycles. The van der Waals surface area contributed by atoms with E-state index in [1.54, 1.807) is 24.3 Å². The lowest BCUT2D eigenvalue weighted by Crippen LogP contribution is -2.08. The minimum Gasteiger partial charge on any atom is -0.345 e. The Morgan fingerprint density at radius 3 is 0.969 bits per heavy atom. The van der Waals surface area contributed by atoms with Gasteiger partial charge >= 0.3 is 0 Å². The highest BCUT2D eigenvalue weighted by molar-refractivity contribution is 5.73. The van der Waals surface area contributed by atoms with Crippen molar-refractivity contribution in [2.45, 2.75) is 0 Å². The summed E-state index contributed by atoms with van der Waals surface area (Å²) in [6, 6.07) is 29.4. The van der Waals surface area contributed by atoms with Crippen LogP contribution < -0.4 is 4.90 Å². The van der Waals surface area contributed by atoms with E-state index in [4.69, 9.17) is 0 Å². The number of anilines is 2. The lowest BCUT2D eigenvalue weighted by atomic mass is 10.1. The largest absolute Gasteiger partial charge is 0.345 e. The van der Waals surface area contributed by atoms with Gasteiger partial charge in [0.25, 0.3) is 0 Å². The van der Waals surface area contributed by atoms with Crippen molar-refractivity contribution >= 4 is 35.7 Å². The van der Waals surface area contributed by atoms with E-state index >= 15 is 0 Å². The fourth-order valence-electron chi connectivity index (χ4n) is 3.30. The zero-order valence-corrected chi connectivity index (χ0v) is 17.8. The predicted molar refractivity (Wildman–Crippen MR) is 132 cm³/mol. The molecule has 0 amide bonds. The minimum absolute atomic E-state index is 0.230. The van der Waals surface area contributed by atoms with Gasteiger partial charge in [0.15, 0.2) is 0 Å². The summed E-state index contributed by atoms with van der Waals surface area (Å²) in [5.41, 5.74) is 6.24. The first kappa shape index (κ1) is 21.3. The quantitative estimate of drug-likeness (QED) is 0.283. The van der Waals surface area contributed by atoms with Crippen LogP contribution in [-0.2, 0) is 0 Å². The van der Waals surface area contributed by atoms with Gasteiger partial charge < -0.3 is 4.90 Å². The van der Waals surface area contributed by atoms with Gasteiger partial charge in [0, 0.05) is 18.4 Å². The summed E-state index contributed by atoms with van der Waals surface area (Å²) >= 11 is 0. The number of nitrogens with zero attached hydrogens (tertiary/aromatic N) is 1. The highest BCUT2D eigenvalue weighted by atomic mass is 19.1. The summed E-state index contributed by atoms with van der Waals surface area (Å²) in [4.78, 5) is 2.13. The van der Waals surface area contributed by atoms with Gasteiger partial charge in [-0.1, -0.05) is 72.8 Å². The highest BCUT2D eigenvalue weighted by Gasteiger charge is 2.03. The molecule has 1 nitrogen and oxygen atoms in total. The lowest BCUT2D eigenvalue weighted by molar-refractivity contribution is 0.627. The van der Waals surface area contributed by atoms with E-state index in [0.717, 1.165) is 33.6 Å². The number of halogens is 2. The molecule has 0 atom stereocenters. The molecule has 0 aliphatic rings. The average molecular weight is 424 g/mol. The molecular formula is C29H23F2N. The van der Waals surface area contributed by atoms with Crippen LogP contribution in [0.3, 0.4) is 0 Å². The van der Waals surface area contributed by atoms with Crippen molar-refractivity contribution in [3.05, 3.63) is 131 Å². The summed E-state index contributed by atoms with van der Waals surface area (Å²) in [6.45, 7) is 0. The molecule has 4 rings (SSSR count). The Balaban J connectivity index is 1.40. The maximum absolute atomic E-state index is 13.0. The average Bonchev–Trinajstić information content (AvgIpc) is 2.83. The monoisotopic (exact) mass is 423 g/mol. The smallest absolute Gasteiger partial charge is 0.123 e. The van der Waals surface area contributed by atoms with Crippen LogP contribution in [0.1, 0.15) is 22.3 Å². The van der Waals surface area contributed by atoms with Gasteiger partial charge in [0.05, 0.1) is 0 Å². The van der Waals surface area contributed by atoms with Gasteiger partial charge in [-0.3, -0.25) is 0 Å². The molecule has 32 heavy (non-hydrogen) atoms. The molecule has 4 aromatic rings. The van der Waals surface area contributed by atoms with Crippen molar-refractivity contribution in [1.29, 1.82) is 0 Å². The second-order valence-corrected chi connectivity index (χ2v) is 7.51. The lowest BCUT2D eigenvalue weighted by Gasteiger charge is -2.19. The highest BCUT2D eigenvalue weighted by Crippen LogP contribution is 2.25. The number of hydrogen-bond donors (Lipinski definition) is 0. The Morgan fingerprint density at radius 1 is 0.438 bits per heavy atom. The van der Waals surface area contributed by atoms with Crippen molar-refractivity contribution in [3.63, 3.8) is 0 Å². The predicted octanol–water partition coefficient (Wildman–Crippen LogP) is 8.07. The first-order chi connectivity index (χ1) is 15.6. The SMILES string of the molecule is CN(c1ccc(/C=C/c2ccc(F)cc2)cc1)c1ccc(/C=C/c2ccc(F)cc2)cc1. The Bertz CT molecular complexity index is 1110. The zero-order chi connectivity index (χ0) is 22.3. The van der Waals surface area contributed by atoms with E-state index in [1.807, 2.05) is 31.4 Å². The Labute approximate surface area is 187 Å². The Hall–Kier alpha value is -3.98. The van der Waals surface area contributed by atoms with Gasteiger partial charge in [-0.25, -0.2) is 8.78 Å². The molecule has 0 saturated carbocycles. The second kappa shape index (κ2) is 9.88. The molecule has 3 heteroatoms. The van der Waals surface area contributed by atoms with Crippen molar-refractivity contribution < 1.29 is 8.78 Å². The summed E-state index contributed by atoms with van der Waals surface area (Å²) in [5, 5.41) is 0. The molecule has 0 bridgehead atoms. The van der Waals surface area contributed by atoms with E-state index in [0.29, 0.717) is 0 Å². The van der Waals surface area contributed by atoms with Crippen LogP contribution in [0.15, 0.2) is 97.1 Å². The van der Waals surface area contributed by atoms with Gasteiger partial charge in [-0.2, -0.15) is 0 Å². The van der Waals surface area contributed by atoms with Crippen molar-refractivity contribution in [3.8, 4) is 0 Å². The van der Waals surface area contributed by atoms with Crippen LogP contribution in [0.5, 0.6) is 0 Å². The fourth-order valence-corrected chi connectivity index (χ4v) is 3.30. The van der Waals surface area contributed by atoms with Gasteiger partial charge in [-0.05, 0) is 70.8 Å². The first-order valence-corrected chi connectivity index (χ1v) is 10.4. The fraction of sp³-hybridized carbons (Fsp3) is 0.0345. The van der Waals surface area contributed by atoms with Crippen LogP contribution >= 0.6 is 0 Å². The summed E-state index contributed by atoms with van der Waals surface area (Å²) in [7, 11) is 2.03. The van der Waals surface area contributed by atoms with Crippen LogP contribution in [0.25, 0.3) is 24.3 Å². The van der Waals surface area contributed by atoms with Crippen molar-refractivity contribution in [2.75, 3.05) is 11.9 Å². The van der Waals surface area contributed by atoms with Gasteiger partial charge in [0.2, 0.25) is 0 Å². The summed E-state index contributed by atoms with van der Waals surface area (Å²) in [5.74, 6) is -0.460. The molecule has 0 radical (unpaired) electrons. The van der Waals surface area contributed by atoms with E-state index < -0.39 is 0 Å². The van der Waals surface area contributed by atoms with E-state index in [-0.39, 0.29) is 11.6 Å². The maximum Gasteiger partial charge on any atom is 0.123 e. The van der Waals surface area contributed by atoms with Crippen LogP contribution in [0.2, 0.25) is 0 Å². The molecule has 158 valence electrons. The molecule has 0 heterocycles. The standard InChI is InChI=1S/C29H23F2N/c1-32(28-18-10-24(11-19-28)4-2-22-6-14-26(30)15-7-22)29-20-12-25(13-21-29)5-3-23-8-16-27(31)17-9-23/h2-21H,1H3/b4-2+,5-3+. The molecular weight excluding hydrogens is 400 g/mol. The van der Waals surface area contributed by atoms with Crippen molar-refractivity contribution in [1.82, 2.24) is 0 Å². The molecule has 0 fully saturated rings. The molecule has 0 aliphatic heterocycles. The summed E-state index contributed by atoms with van der Waals surface area (Å²) < 4.78 is 26.0. The van der Waals surface area contributed by atoms with E-state index in [2.05, 4.69) is 53.4 Å². The van der Waals surface area contributed by atoms with Crippen LogP contribution in [0.4, 0.5) is 20.2 Å². The molecule has 0 N–H and O–H groups in total. The van der Waals surface area contributed by atoms with E-state index in [1.165, 1.54) is 24.3 Å².